The van der Waals surface area contributed by atoms with Crippen LogP contribution in [0.15, 0.2) is 60.1 Å². The van der Waals surface area contributed by atoms with Crippen LogP contribution in [0, 0.1) is 0 Å². The van der Waals surface area contributed by atoms with Gasteiger partial charge >= 0.3 is 0 Å². The van der Waals surface area contributed by atoms with Crippen molar-refractivity contribution in [3.63, 3.8) is 0 Å². The van der Waals surface area contributed by atoms with Gasteiger partial charge in [-0.2, -0.15) is 14.7 Å². The van der Waals surface area contributed by atoms with E-state index in [0.717, 1.165) is 30.3 Å². The van der Waals surface area contributed by atoms with E-state index < -0.39 is 9.84 Å². The molecule has 0 saturated carbocycles. The maximum absolute atomic E-state index is 13.1. The molecule has 14 heteroatoms. The fourth-order valence-electron chi connectivity index (χ4n) is 6.23. The van der Waals surface area contributed by atoms with Gasteiger partial charge in [-0.3, -0.25) is 4.79 Å². The third-order valence-electron chi connectivity index (χ3n) is 7.92. The van der Waals surface area contributed by atoms with Crippen molar-refractivity contribution < 1.29 is 13.2 Å². The Kier molecular flexibility index (Phi) is 5.49. The zero-order chi connectivity index (χ0) is 27.6. The number of aromatic nitrogens is 8. The van der Waals surface area contributed by atoms with Gasteiger partial charge in [0, 0.05) is 41.6 Å². The summed E-state index contributed by atoms with van der Waals surface area (Å²) in [5.41, 5.74) is 9.75. The number of fused-ring (bicyclic) bond motifs is 3. The van der Waals surface area contributed by atoms with Crippen LogP contribution in [0.3, 0.4) is 0 Å². The van der Waals surface area contributed by atoms with Crippen molar-refractivity contribution in [2.24, 2.45) is 0 Å². The summed E-state index contributed by atoms with van der Waals surface area (Å²) in [5, 5.41) is 16.5. The third-order valence-corrected chi connectivity index (χ3v) is 9.08. The summed E-state index contributed by atoms with van der Waals surface area (Å²) < 4.78 is 29.2. The number of aromatic amines is 1. The van der Waals surface area contributed by atoms with Gasteiger partial charge in [-0.05, 0) is 37.8 Å². The molecular formula is C26H26N10O3S. The van der Waals surface area contributed by atoms with E-state index >= 15 is 0 Å². The average Bonchev–Trinajstić information content (AvgIpc) is 3.74. The van der Waals surface area contributed by atoms with Crippen LogP contribution >= 0.6 is 0 Å². The number of sulfone groups is 1. The van der Waals surface area contributed by atoms with Crippen LogP contribution < -0.4 is 5.73 Å². The number of amides is 1. The number of piperidine rings is 1. The number of nitrogens with one attached hydrogen (secondary N) is 1. The molecule has 1 aromatic carbocycles. The standard InChI is InChI=1S/C26H26N10O3S/c1-40(38,39)22-21(15-9-18-7-8-19(10-15)35(18)26(37)24-28-14-29-33-24)32-25-20(12-31-36(25)23(22)27)16-11-30-34(13-16)17-5-3-2-4-6-17/h2-6,11-15,18-19H,7-10,27H2,1H3,(H,28,29,33)/t15-,18-,19+. The molecule has 2 saturated heterocycles. The minimum absolute atomic E-state index is 0.00552. The fourth-order valence-corrected chi connectivity index (χ4v) is 7.28. The van der Waals surface area contributed by atoms with E-state index in [1.165, 1.54) is 10.8 Å². The SMILES string of the molecule is CS(=O)(=O)c1c([C@@H]2C[C@H]3CC[C@@H](C2)N3C(=O)c2nnc[nH]2)nc2c(-c3cnn(-c4ccccc4)c3)cnn2c1N. The van der Waals surface area contributed by atoms with Crippen LogP contribution in [0.4, 0.5) is 5.82 Å². The highest BCUT2D eigenvalue weighted by Crippen LogP contribution is 2.45. The molecule has 2 bridgehead atoms. The molecule has 5 aromatic rings. The van der Waals surface area contributed by atoms with Crippen molar-refractivity contribution in [1.82, 2.24) is 44.5 Å². The lowest BCUT2D eigenvalue weighted by molar-refractivity contribution is 0.0556. The highest BCUT2D eigenvalue weighted by Gasteiger charge is 2.46. The number of carbonyl (C=O) groups excluding carboxylic acids is 1. The molecule has 0 radical (unpaired) electrons. The number of hydrogen-bond donors (Lipinski definition) is 2. The van der Waals surface area contributed by atoms with Gasteiger partial charge < -0.3 is 15.6 Å². The number of para-hydroxylation sites is 1. The minimum atomic E-state index is -3.74. The first-order valence-corrected chi connectivity index (χ1v) is 14.8. The predicted molar refractivity (Wildman–Crippen MR) is 144 cm³/mol. The van der Waals surface area contributed by atoms with Gasteiger partial charge in [-0.15, -0.1) is 10.2 Å². The molecule has 7 rings (SSSR count). The Labute approximate surface area is 229 Å². The molecule has 2 fully saturated rings. The quantitative estimate of drug-likeness (QED) is 0.328. The van der Waals surface area contributed by atoms with E-state index in [1.54, 1.807) is 17.1 Å². The molecule has 2 aliphatic heterocycles. The molecule has 0 spiro atoms. The molecule has 6 heterocycles. The van der Waals surface area contributed by atoms with Gasteiger partial charge in [0.1, 0.15) is 17.0 Å². The Morgan fingerprint density at radius 1 is 1.07 bits per heavy atom. The van der Waals surface area contributed by atoms with Crippen LogP contribution in [-0.4, -0.2) is 77.1 Å². The van der Waals surface area contributed by atoms with Crippen molar-refractivity contribution in [3.05, 3.63) is 66.8 Å². The highest BCUT2D eigenvalue weighted by atomic mass is 32.2. The second kappa shape index (κ2) is 8.98. The van der Waals surface area contributed by atoms with Gasteiger partial charge in [-0.25, -0.2) is 18.1 Å². The van der Waals surface area contributed by atoms with Gasteiger partial charge in [-0.1, -0.05) is 18.2 Å². The monoisotopic (exact) mass is 558 g/mol. The van der Waals surface area contributed by atoms with E-state index in [-0.39, 0.29) is 40.4 Å². The summed E-state index contributed by atoms with van der Waals surface area (Å²) in [6.07, 6.45) is 10.5. The highest BCUT2D eigenvalue weighted by molar-refractivity contribution is 7.91. The summed E-state index contributed by atoms with van der Waals surface area (Å²) in [5.74, 6) is -0.168. The average molecular weight is 559 g/mol. The maximum Gasteiger partial charge on any atom is 0.292 e. The minimum Gasteiger partial charge on any atom is -0.382 e. The number of nitrogens with zero attached hydrogens (tertiary/aromatic N) is 8. The Balaban J connectivity index is 1.30. The lowest BCUT2D eigenvalue weighted by Gasteiger charge is -2.38. The van der Waals surface area contributed by atoms with Gasteiger partial charge in [0.15, 0.2) is 15.5 Å². The van der Waals surface area contributed by atoms with E-state index in [1.807, 2.05) is 41.4 Å². The summed E-state index contributed by atoms with van der Waals surface area (Å²) in [6, 6.07) is 9.58. The van der Waals surface area contributed by atoms with Gasteiger partial charge in [0.25, 0.3) is 5.91 Å². The molecule has 0 aliphatic carbocycles. The molecule has 204 valence electrons. The second-order valence-corrected chi connectivity index (χ2v) is 12.3. The molecule has 3 atom stereocenters. The van der Waals surface area contributed by atoms with Crippen molar-refractivity contribution in [2.75, 3.05) is 12.0 Å². The van der Waals surface area contributed by atoms with E-state index in [0.29, 0.717) is 29.7 Å². The number of H-pyrrole nitrogens is 1. The Hall–Kier alpha value is -4.59. The van der Waals surface area contributed by atoms with Crippen molar-refractivity contribution in [1.29, 1.82) is 0 Å². The molecule has 1 amide bonds. The first-order valence-electron chi connectivity index (χ1n) is 13.0. The van der Waals surface area contributed by atoms with Crippen molar-refractivity contribution in [3.8, 4) is 16.8 Å². The summed E-state index contributed by atoms with van der Waals surface area (Å²) in [6.45, 7) is 0. The lowest BCUT2D eigenvalue weighted by atomic mass is 9.87. The van der Waals surface area contributed by atoms with E-state index in [4.69, 9.17) is 10.7 Å². The summed E-state index contributed by atoms with van der Waals surface area (Å²) in [7, 11) is -3.74. The second-order valence-electron chi connectivity index (χ2n) is 10.4. The number of hydrogen-bond acceptors (Lipinski definition) is 9. The number of anilines is 1. The van der Waals surface area contributed by atoms with Crippen LogP contribution in [0.5, 0.6) is 0 Å². The molecule has 3 N–H and O–H groups in total. The fraction of sp³-hybridized carbons (Fsp3) is 0.308. The molecule has 13 nitrogen and oxygen atoms in total. The number of carbonyl (C=O) groups is 1. The smallest absolute Gasteiger partial charge is 0.292 e. The normalized spacial score (nSPS) is 20.8. The topological polar surface area (TPSA) is 170 Å². The van der Waals surface area contributed by atoms with Gasteiger partial charge in [0.05, 0.1) is 23.8 Å². The first kappa shape index (κ1) is 24.5. The van der Waals surface area contributed by atoms with E-state index in [9.17, 15) is 13.2 Å². The number of nitrogens with two attached hydrogens (primary N) is 1. The van der Waals surface area contributed by atoms with Crippen LogP contribution in [0.1, 0.15) is 47.9 Å². The number of rotatable bonds is 5. The Morgan fingerprint density at radius 3 is 2.50 bits per heavy atom. The Bertz CT molecular complexity index is 1830. The molecular weight excluding hydrogens is 532 g/mol. The van der Waals surface area contributed by atoms with Crippen LogP contribution in [0.25, 0.3) is 22.5 Å². The zero-order valence-corrected chi connectivity index (χ0v) is 22.4. The van der Waals surface area contributed by atoms with Crippen LogP contribution in [-0.2, 0) is 9.84 Å². The molecule has 0 unspecified atom stereocenters. The largest absolute Gasteiger partial charge is 0.382 e. The first-order chi connectivity index (χ1) is 19.3. The summed E-state index contributed by atoms with van der Waals surface area (Å²) in [4.78, 5) is 22.7. The van der Waals surface area contributed by atoms with Crippen molar-refractivity contribution in [2.45, 2.75) is 48.6 Å². The van der Waals surface area contributed by atoms with Crippen LogP contribution in [0.2, 0.25) is 0 Å². The molecule has 4 aromatic heterocycles. The molecule has 40 heavy (non-hydrogen) atoms. The van der Waals surface area contributed by atoms with Crippen molar-refractivity contribution >= 4 is 27.2 Å². The lowest BCUT2D eigenvalue weighted by Crippen LogP contribution is -2.46. The maximum atomic E-state index is 13.1. The zero-order valence-electron chi connectivity index (χ0n) is 21.5. The third kappa shape index (κ3) is 3.86. The Morgan fingerprint density at radius 2 is 1.82 bits per heavy atom. The van der Waals surface area contributed by atoms with Gasteiger partial charge in [0.2, 0.25) is 5.82 Å². The predicted octanol–water partition coefficient (Wildman–Crippen LogP) is 2.24. The van der Waals surface area contributed by atoms with E-state index in [2.05, 4.69) is 25.4 Å². The summed E-state index contributed by atoms with van der Waals surface area (Å²) >= 11 is 0. The number of benzene rings is 1. The number of nitrogen functional groups attached to an aromatic ring is 1. The molecule has 2 aliphatic rings.